The zero-order chi connectivity index (χ0) is 15.0. The number of carbonyl (C=O) groups is 1. The van der Waals surface area contributed by atoms with Crippen molar-refractivity contribution in [3.8, 4) is 11.5 Å². The van der Waals surface area contributed by atoms with Crippen LogP contribution in [0.15, 0.2) is 42.5 Å². The number of benzene rings is 2. The zero-order valence-electron chi connectivity index (χ0n) is 11.8. The van der Waals surface area contributed by atoms with Gasteiger partial charge in [-0.25, -0.2) is 0 Å². The van der Waals surface area contributed by atoms with Crippen LogP contribution in [0.25, 0.3) is 0 Å². The number of amides is 1. The number of phenolic OH excluding ortho intramolecular Hbond substituents is 2. The first-order valence-corrected chi connectivity index (χ1v) is 7.01. The minimum Gasteiger partial charge on any atom is -0.504 e. The van der Waals surface area contributed by atoms with E-state index in [1.165, 1.54) is 18.2 Å². The van der Waals surface area contributed by atoms with Gasteiger partial charge in [-0.3, -0.25) is 4.79 Å². The van der Waals surface area contributed by atoms with Crippen molar-refractivity contribution in [1.29, 1.82) is 0 Å². The highest BCUT2D eigenvalue weighted by Gasteiger charge is 2.28. The molecule has 4 heteroatoms. The third kappa shape index (κ3) is 2.33. The molecule has 2 N–H and O–H groups in total. The first-order valence-electron chi connectivity index (χ1n) is 7.01. The van der Waals surface area contributed by atoms with Crippen molar-refractivity contribution in [2.75, 3.05) is 4.90 Å². The molecule has 0 bridgehead atoms. The SMILES string of the molecule is CC1CCc2ccccc2N1C(=O)c1ccc(O)c(O)c1. The third-order valence-corrected chi connectivity index (χ3v) is 3.96. The lowest BCUT2D eigenvalue weighted by Gasteiger charge is -2.35. The molecule has 4 nitrogen and oxygen atoms in total. The van der Waals surface area contributed by atoms with E-state index in [0.717, 1.165) is 24.1 Å². The summed E-state index contributed by atoms with van der Waals surface area (Å²) in [7, 11) is 0. The molecule has 0 saturated carbocycles. The number of para-hydroxylation sites is 1. The molecule has 0 saturated heterocycles. The fourth-order valence-corrected chi connectivity index (χ4v) is 2.79. The van der Waals surface area contributed by atoms with Crippen molar-refractivity contribution in [2.45, 2.75) is 25.8 Å². The average Bonchev–Trinajstić information content (AvgIpc) is 2.49. The first-order chi connectivity index (χ1) is 10.1. The number of anilines is 1. The Labute approximate surface area is 123 Å². The Morgan fingerprint density at radius 3 is 2.67 bits per heavy atom. The molecule has 2 aromatic carbocycles. The van der Waals surface area contributed by atoms with Gasteiger partial charge < -0.3 is 15.1 Å². The fraction of sp³-hybridized carbons (Fsp3) is 0.235. The molecule has 3 rings (SSSR count). The molecule has 1 aliphatic heterocycles. The second kappa shape index (κ2) is 5.13. The third-order valence-electron chi connectivity index (χ3n) is 3.96. The van der Waals surface area contributed by atoms with E-state index in [4.69, 9.17) is 0 Å². The van der Waals surface area contributed by atoms with Crippen LogP contribution in [0.1, 0.15) is 29.3 Å². The van der Waals surface area contributed by atoms with E-state index in [1.54, 1.807) is 4.90 Å². The van der Waals surface area contributed by atoms with Gasteiger partial charge in [-0.2, -0.15) is 0 Å². The number of carbonyl (C=O) groups excluding carboxylic acids is 1. The van der Waals surface area contributed by atoms with E-state index in [2.05, 4.69) is 0 Å². The molecular formula is C17H17NO3. The van der Waals surface area contributed by atoms with Crippen molar-refractivity contribution in [2.24, 2.45) is 0 Å². The molecule has 1 heterocycles. The summed E-state index contributed by atoms with van der Waals surface area (Å²) in [6.07, 6.45) is 1.87. The average molecular weight is 283 g/mol. The van der Waals surface area contributed by atoms with Crippen molar-refractivity contribution >= 4 is 11.6 Å². The Kier molecular flexibility index (Phi) is 3.29. The van der Waals surface area contributed by atoms with Crippen LogP contribution in [0.5, 0.6) is 11.5 Å². The van der Waals surface area contributed by atoms with E-state index in [-0.39, 0.29) is 23.4 Å². The van der Waals surface area contributed by atoms with Gasteiger partial charge in [0, 0.05) is 17.3 Å². The van der Waals surface area contributed by atoms with Crippen LogP contribution < -0.4 is 4.90 Å². The number of fused-ring (bicyclic) bond motifs is 1. The smallest absolute Gasteiger partial charge is 0.258 e. The van der Waals surface area contributed by atoms with Gasteiger partial charge >= 0.3 is 0 Å². The van der Waals surface area contributed by atoms with Gasteiger partial charge in [-0.05, 0) is 49.6 Å². The summed E-state index contributed by atoms with van der Waals surface area (Å²) in [5, 5.41) is 19.0. The van der Waals surface area contributed by atoms with Crippen LogP contribution in [-0.2, 0) is 6.42 Å². The molecule has 0 fully saturated rings. The van der Waals surface area contributed by atoms with Crippen LogP contribution in [0.3, 0.4) is 0 Å². The summed E-state index contributed by atoms with van der Waals surface area (Å²) in [6, 6.07) is 12.2. The van der Waals surface area contributed by atoms with Crippen LogP contribution in [0.2, 0.25) is 0 Å². The highest BCUT2D eigenvalue weighted by atomic mass is 16.3. The maximum Gasteiger partial charge on any atom is 0.258 e. The van der Waals surface area contributed by atoms with Gasteiger partial charge in [0.05, 0.1) is 0 Å². The normalized spacial score (nSPS) is 17.4. The summed E-state index contributed by atoms with van der Waals surface area (Å²) < 4.78 is 0. The van der Waals surface area contributed by atoms with Gasteiger partial charge in [0.1, 0.15) is 0 Å². The quantitative estimate of drug-likeness (QED) is 0.791. The topological polar surface area (TPSA) is 60.8 Å². The predicted octanol–water partition coefficient (Wildman–Crippen LogP) is 3.08. The molecule has 0 radical (unpaired) electrons. The molecule has 1 amide bonds. The monoisotopic (exact) mass is 283 g/mol. The number of nitrogens with zero attached hydrogens (tertiary/aromatic N) is 1. The lowest BCUT2D eigenvalue weighted by Crippen LogP contribution is -2.42. The van der Waals surface area contributed by atoms with Crippen molar-refractivity contribution in [1.82, 2.24) is 0 Å². The van der Waals surface area contributed by atoms with Gasteiger partial charge in [0.25, 0.3) is 5.91 Å². The van der Waals surface area contributed by atoms with Crippen LogP contribution >= 0.6 is 0 Å². The number of aryl methyl sites for hydroxylation is 1. The standard InChI is InChI=1S/C17H17NO3/c1-11-6-7-12-4-2-3-5-14(12)18(11)17(21)13-8-9-15(19)16(20)10-13/h2-5,8-11,19-20H,6-7H2,1H3. The molecule has 0 aromatic heterocycles. The number of hydrogen-bond donors (Lipinski definition) is 2. The molecule has 1 unspecified atom stereocenters. The summed E-state index contributed by atoms with van der Waals surface area (Å²) in [6.45, 7) is 2.02. The Balaban J connectivity index is 2.02. The van der Waals surface area contributed by atoms with Gasteiger partial charge in [0.15, 0.2) is 11.5 Å². The summed E-state index contributed by atoms with van der Waals surface area (Å²) in [5.74, 6) is -0.664. The summed E-state index contributed by atoms with van der Waals surface area (Å²) >= 11 is 0. The molecule has 108 valence electrons. The van der Waals surface area contributed by atoms with Crippen LogP contribution in [0, 0.1) is 0 Å². The largest absolute Gasteiger partial charge is 0.504 e. The van der Waals surface area contributed by atoms with E-state index in [0.29, 0.717) is 5.56 Å². The van der Waals surface area contributed by atoms with Gasteiger partial charge in [0.2, 0.25) is 0 Å². The summed E-state index contributed by atoms with van der Waals surface area (Å²) in [5.41, 5.74) is 2.45. The van der Waals surface area contributed by atoms with E-state index < -0.39 is 0 Å². The highest BCUT2D eigenvalue weighted by Crippen LogP contribution is 2.33. The van der Waals surface area contributed by atoms with E-state index in [1.807, 2.05) is 31.2 Å². The Hall–Kier alpha value is -2.49. The number of phenols is 2. The highest BCUT2D eigenvalue weighted by molar-refractivity contribution is 6.07. The minimum atomic E-state index is -0.279. The molecule has 2 aromatic rings. The lowest BCUT2D eigenvalue weighted by molar-refractivity contribution is 0.0975. The van der Waals surface area contributed by atoms with Crippen molar-refractivity contribution in [3.05, 3.63) is 53.6 Å². The van der Waals surface area contributed by atoms with Crippen LogP contribution in [-0.4, -0.2) is 22.2 Å². The fourth-order valence-electron chi connectivity index (χ4n) is 2.79. The van der Waals surface area contributed by atoms with Crippen molar-refractivity contribution in [3.63, 3.8) is 0 Å². The predicted molar refractivity (Wildman–Crippen MR) is 80.8 cm³/mol. The molecular weight excluding hydrogens is 266 g/mol. The number of aromatic hydroxyl groups is 2. The Morgan fingerprint density at radius 1 is 1.14 bits per heavy atom. The molecule has 1 aliphatic rings. The second-order valence-corrected chi connectivity index (χ2v) is 5.40. The van der Waals surface area contributed by atoms with Crippen molar-refractivity contribution < 1.29 is 15.0 Å². The number of hydrogen-bond acceptors (Lipinski definition) is 3. The van der Waals surface area contributed by atoms with E-state index >= 15 is 0 Å². The van der Waals surface area contributed by atoms with Crippen LogP contribution in [0.4, 0.5) is 5.69 Å². The molecule has 1 atom stereocenters. The Morgan fingerprint density at radius 2 is 1.90 bits per heavy atom. The van der Waals surface area contributed by atoms with Gasteiger partial charge in [-0.15, -0.1) is 0 Å². The minimum absolute atomic E-state index is 0.100. The Bertz CT molecular complexity index is 696. The zero-order valence-corrected chi connectivity index (χ0v) is 11.8. The maximum absolute atomic E-state index is 12.8. The maximum atomic E-state index is 12.8. The number of rotatable bonds is 1. The first kappa shape index (κ1) is 13.5. The summed E-state index contributed by atoms with van der Waals surface area (Å²) in [4.78, 5) is 14.5. The molecule has 0 aliphatic carbocycles. The second-order valence-electron chi connectivity index (χ2n) is 5.40. The lowest BCUT2D eigenvalue weighted by atomic mass is 9.95. The van der Waals surface area contributed by atoms with E-state index in [9.17, 15) is 15.0 Å². The molecule has 0 spiro atoms. The molecule has 21 heavy (non-hydrogen) atoms. The van der Waals surface area contributed by atoms with Gasteiger partial charge in [-0.1, -0.05) is 18.2 Å².